The lowest BCUT2D eigenvalue weighted by Crippen LogP contribution is -2.20. The van der Waals surface area contributed by atoms with Crippen LogP contribution < -0.4 is 15.4 Å². The Hall–Kier alpha value is -2.52. The number of aromatic nitrogens is 3. The molecule has 0 atom stereocenters. The molecule has 28 heavy (non-hydrogen) atoms. The molecule has 148 valence electrons. The summed E-state index contributed by atoms with van der Waals surface area (Å²) >= 11 is 3.02. The van der Waals surface area contributed by atoms with Crippen LogP contribution in [0.5, 0.6) is 5.75 Å². The Morgan fingerprint density at radius 3 is 2.93 bits per heavy atom. The van der Waals surface area contributed by atoms with E-state index >= 15 is 0 Å². The number of hydrogen-bond donors (Lipinski definition) is 3. The van der Waals surface area contributed by atoms with Gasteiger partial charge in [0.2, 0.25) is 0 Å². The van der Waals surface area contributed by atoms with Gasteiger partial charge in [0.15, 0.2) is 10.3 Å². The molecule has 7 nitrogen and oxygen atoms in total. The van der Waals surface area contributed by atoms with Gasteiger partial charge in [-0.3, -0.25) is 5.32 Å². The zero-order chi connectivity index (χ0) is 19.9. The molecule has 0 radical (unpaired) electrons. The molecule has 3 N–H and O–H groups in total. The van der Waals surface area contributed by atoms with E-state index in [4.69, 9.17) is 4.74 Å². The molecule has 0 spiro atoms. The van der Waals surface area contributed by atoms with Crippen molar-refractivity contribution in [3.8, 4) is 5.75 Å². The van der Waals surface area contributed by atoms with Crippen molar-refractivity contribution in [3.05, 3.63) is 47.2 Å². The average Bonchev–Trinajstić information content (AvgIpc) is 3.32. The Labute approximate surface area is 172 Å². The third-order valence-corrected chi connectivity index (χ3v) is 5.60. The summed E-state index contributed by atoms with van der Waals surface area (Å²) < 4.78 is 5.83. The third-order valence-electron chi connectivity index (χ3n) is 3.56. The molecule has 1 aromatic carbocycles. The monoisotopic (exact) mass is 417 g/mol. The fourth-order valence-corrected chi connectivity index (χ4v) is 3.92. The molecule has 3 rings (SSSR count). The number of aromatic amines is 1. The summed E-state index contributed by atoms with van der Waals surface area (Å²) in [6.45, 7) is 6.74. The smallest absolute Gasteiger partial charge is 0.325 e. The van der Waals surface area contributed by atoms with E-state index in [0.29, 0.717) is 29.1 Å². The highest BCUT2D eigenvalue weighted by Crippen LogP contribution is 2.28. The van der Waals surface area contributed by atoms with Crippen LogP contribution in [-0.2, 0) is 5.75 Å². The molecule has 0 unspecified atom stereocenters. The van der Waals surface area contributed by atoms with Gasteiger partial charge in [0.1, 0.15) is 5.75 Å². The van der Waals surface area contributed by atoms with Gasteiger partial charge in [-0.25, -0.2) is 14.8 Å². The highest BCUT2D eigenvalue weighted by Gasteiger charge is 2.11. The van der Waals surface area contributed by atoms with Crippen LogP contribution in [0.4, 0.5) is 15.6 Å². The van der Waals surface area contributed by atoms with Gasteiger partial charge < -0.3 is 15.0 Å². The number of rotatable bonds is 8. The second-order valence-electron chi connectivity index (χ2n) is 6.60. The van der Waals surface area contributed by atoms with Crippen LogP contribution in [0.2, 0.25) is 0 Å². The van der Waals surface area contributed by atoms with E-state index < -0.39 is 0 Å². The molecule has 0 bridgehead atoms. The number of nitrogens with one attached hydrogen (secondary N) is 3. The number of aryl methyl sites for hydroxylation is 1. The molecule has 0 fully saturated rings. The summed E-state index contributed by atoms with van der Waals surface area (Å²) in [6, 6.07) is 5.35. The maximum absolute atomic E-state index is 12.4. The molecular formula is C19H23N5O2S2. The fraction of sp³-hybridized carbons (Fsp3) is 0.316. The standard InChI is InChI=1S/C19H23N5O2S2/c1-12(2)10-26-16-8-13(3)4-5-15(16)23-17(25)24-19-22-9-14(28-19)11-27-18-20-6-7-21-18/h4-9,12H,10-11H2,1-3H3,(H,20,21)(H2,22,23,24,25). The molecule has 3 aromatic rings. The Bertz CT molecular complexity index is 909. The predicted molar refractivity (Wildman–Crippen MR) is 114 cm³/mol. The molecule has 0 saturated carbocycles. The van der Waals surface area contributed by atoms with Gasteiger partial charge in [-0.2, -0.15) is 0 Å². The minimum atomic E-state index is -0.349. The van der Waals surface area contributed by atoms with Crippen LogP contribution in [-0.4, -0.2) is 27.6 Å². The number of ether oxygens (including phenoxy) is 1. The van der Waals surface area contributed by atoms with E-state index in [-0.39, 0.29) is 6.03 Å². The number of nitrogens with zero attached hydrogens (tertiary/aromatic N) is 2. The second-order valence-corrected chi connectivity index (χ2v) is 8.68. The molecular weight excluding hydrogens is 394 g/mol. The highest BCUT2D eigenvalue weighted by molar-refractivity contribution is 7.98. The molecule has 2 aromatic heterocycles. The summed E-state index contributed by atoms with van der Waals surface area (Å²) in [7, 11) is 0. The number of thioether (sulfide) groups is 1. The van der Waals surface area contributed by atoms with Crippen molar-refractivity contribution in [3.63, 3.8) is 0 Å². The maximum Gasteiger partial charge on any atom is 0.325 e. The van der Waals surface area contributed by atoms with Crippen molar-refractivity contribution >= 4 is 39.9 Å². The molecule has 9 heteroatoms. The lowest BCUT2D eigenvalue weighted by molar-refractivity contribution is 0.260. The number of imidazole rings is 1. The van der Waals surface area contributed by atoms with Gasteiger partial charge in [-0.1, -0.05) is 31.7 Å². The Morgan fingerprint density at radius 2 is 2.18 bits per heavy atom. The van der Waals surface area contributed by atoms with Gasteiger partial charge in [-0.05, 0) is 30.5 Å². The molecule has 0 aliphatic heterocycles. The van der Waals surface area contributed by atoms with Crippen molar-refractivity contribution in [2.45, 2.75) is 31.7 Å². The number of amides is 2. The third kappa shape index (κ3) is 6.00. The normalized spacial score (nSPS) is 10.9. The first-order valence-electron chi connectivity index (χ1n) is 8.88. The van der Waals surface area contributed by atoms with Crippen molar-refractivity contribution < 1.29 is 9.53 Å². The van der Waals surface area contributed by atoms with Gasteiger partial charge in [-0.15, -0.1) is 11.3 Å². The lowest BCUT2D eigenvalue weighted by Gasteiger charge is -2.14. The molecule has 0 aliphatic carbocycles. The van der Waals surface area contributed by atoms with E-state index in [1.807, 2.05) is 25.1 Å². The topological polar surface area (TPSA) is 91.9 Å². The largest absolute Gasteiger partial charge is 0.491 e. The fourth-order valence-electron chi connectivity index (χ4n) is 2.26. The summed E-state index contributed by atoms with van der Waals surface area (Å²) in [4.78, 5) is 24.9. The van der Waals surface area contributed by atoms with E-state index in [9.17, 15) is 4.79 Å². The summed E-state index contributed by atoms with van der Waals surface area (Å²) in [5, 5.41) is 7.03. The van der Waals surface area contributed by atoms with E-state index in [1.165, 1.54) is 11.3 Å². The van der Waals surface area contributed by atoms with Crippen LogP contribution in [0, 0.1) is 12.8 Å². The Kier molecular flexibility index (Phi) is 6.94. The van der Waals surface area contributed by atoms with Gasteiger partial charge in [0.25, 0.3) is 0 Å². The highest BCUT2D eigenvalue weighted by atomic mass is 32.2. The zero-order valence-electron chi connectivity index (χ0n) is 16.0. The van der Waals surface area contributed by atoms with Crippen LogP contribution >= 0.6 is 23.1 Å². The first-order valence-corrected chi connectivity index (χ1v) is 10.7. The number of anilines is 2. The van der Waals surface area contributed by atoms with Crippen molar-refractivity contribution in [2.75, 3.05) is 17.2 Å². The zero-order valence-corrected chi connectivity index (χ0v) is 17.6. The Morgan fingerprint density at radius 1 is 1.32 bits per heavy atom. The minimum Gasteiger partial charge on any atom is -0.491 e. The van der Waals surface area contributed by atoms with Gasteiger partial charge in [0, 0.05) is 29.2 Å². The first-order chi connectivity index (χ1) is 13.5. The summed E-state index contributed by atoms with van der Waals surface area (Å²) in [5.41, 5.74) is 1.71. The number of carbonyl (C=O) groups is 1. The van der Waals surface area contributed by atoms with Crippen molar-refractivity contribution in [1.29, 1.82) is 0 Å². The van der Waals surface area contributed by atoms with E-state index in [1.54, 1.807) is 30.4 Å². The summed E-state index contributed by atoms with van der Waals surface area (Å²) in [6.07, 6.45) is 5.27. The number of hydrogen-bond acceptors (Lipinski definition) is 6. The first kappa shape index (κ1) is 20.2. The molecule has 0 aliphatic rings. The SMILES string of the molecule is Cc1ccc(NC(=O)Nc2ncc(CSc3ncc[nH]3)s2)c(OCC(C)C)c1. The summed E-state index contributed by atoms with van der Waals surface area (Å²) in [5.74, 6) is 1.80. The van der Waals surface area contributed by atoms with Gasteiger partial charge >= 0.3 is 6.03 Å². The number of thiazole rings is 1. The maximum atomic E-state index is 12.4. The average molecular weight is 418 g/mol. The van der Waals surface area contributed by atoms with Crippen LogP contribution in [0.3, 0.4) is 0 Å². The van der Waals surface area contributed by atoms with Crippen LogP contribution in [0.15, 0.2) is 41.9 Å². The molecule has 2 amide bonds. The minimum absolute atomic E-state index is 0.349. The lowest BCUT2D eigenvalue weighted by atomic mass is 10.2. The van der Waals surface area contributed by atoms with Crippen LogP contribution in [0.1, 0.15) is 24.3 Å². The predicted octanol–water partition coefficient (Wildman–Crippen LogP) is 5.15. The number of H-pyrrole nitrogens is 1. The Balaban J connectivity index is 1.57. The van der Waals surface area contributed by atoms with Crippen molar-refractivity contribution in [2.24, 2.45) is 5.92 Å². The van der Waals surface area contributed by atoms with E-state index in [2.05, 4.69) is 39.4 Å². The number of benzene rings is 1. The molecule has 0 saturated heterocycles. The van der Waals surface area contributed by atoms with E-state index in [0.717, 1.165) is 21.3 Å². The number of urea groups is 1. The second kappa shape index (κ2) is 9.61. The van der Waals surface area contributed by atoms with Crippen molar-refractivity contribution in [1.82, 2.24) is 15.0 Å². The quantitative estimate of drug-likeness (QED) is 0.441. The number of carbonyl (C=O) groups excluding carboxylic acids is 1. The van der Waals surface area contributed by atoms with Gasteiger partial charge in [0.05, 0.1) is 12.3 Å². The van der Waals surface area contributed by atoms with Crippen LogP contribution in [0.25, 0.3) is 0 Å². The molecule has 2 heterocycles.